The number of carbonyl (C=O) groups excluding carboxylic acids is 1. The summed E-state index contributed by atoms with van der Waals surface area (Å²) in [6, 6.07) is 9.73. The summed E-state index contributed by atoms with van der Waals surface area (Å²) in [6.45, 7) is 0.589. The van der Waals surface area contributed by atoms with E-state index in [0.717, 1.165) is 35.9 Å². The van der Waals surface area contributed by atoms with Crippen LogP contribution in [0.3, 0.4) is 0 Å². The van der Waals surface area contributed by atoms with E-state index in [1.807, 2.05) is 30.3 Å². The van der Waals surface area contributed by atoms with Crippen molar-refractivity contribution in [1.29, 1.82) is 0 Å². The molecule has 2 unspecified atom stereocenters. The number of fused-ring (bicyclic) bond motifs is 1. The molecule has 3 N–H and O–H groups in total. The summed E-state index contributed by atoms with van der Waals surface area (Å²) >= 11 is 0. The van der Waals surface area contributed by atoms with Crippen LogP contribution in [-0.4, -0.2) is 17.4 Å². The summed E-state index contributed by atoms with van der Waals surface area (Å²) in [4.78, 5) is 16.8. The molecule has 1 aromatic heterocycles. The number of nitrogens with one attached hydrogen (secondary N) is 1. The van der Waals surface area contributed by atoms with E-state index in [-0.39, 0.29) is 11.8 Å². The van der Waals surface area contributed by atoms with Crippen LogP contribution >= 0.6 is 0 Å². The number of carbonyl (C=O) groups is 1. The van der Waals surface area contributed by atoms with Crippen LogP contribution in [0.5, 0.6) is 0 Å². The molecule has 4 heteroatoms. The summed E-state index contributed by atoms with van der Waals surface area (Å²) in [7, 11) is 0. The summed E-state index contributed by atoms with van der Waals surface area (Å²) in [5.41, 5.74) is 7.38. The Balaban J connectivity index is 1.84. The van der Waals surface area contributed by atoms with Crippen LogP contribution in [0, 0.1) is 11.8 Å². The molecule has 20 heavy (non-hydrogen) atoms. The second-order valence-corrected chi connectivity index (χ2v) is 5.40. The zero-order valence-electron chi connectivity index (χ0n) is 11.4. The van der Waals surface area contributed by atoms with E-state index >= 15 is 0 Å². The van der Waals surface area contributed by atoms with E-state index in [2.05, 4.69) is 10.3 Å². The normalized spacial score (nSPS) is 22.1. The molecule has 104 valence electrons. The van der Waals surface area contributed by atoms with Crippen molar-refractivity contribution >= 4 is 22.5 Å². The number of hydrogen-bond donors (Lipinski definition) is 2. The number of nitrogens with zero attached hydrogens (tertiary/aromatic N) is 1. The van der Waals surface area contributed by atoms with Crippen LogP contribution in [0.25, 0.3) is 10.9 Å². The van der Waals surface area contributed by atoms with Gasteiger partial charge in [-0.15, -0.1) is 0 Å². The van der Waals surface area contributed by atoms with E-state index in [1.54, 1.807) is 6.20 Å². The highest BCUT2D eigenvalue weighted by atomic mass is 16.1. The van der Waals surface area contributed by atoms with Crippen molar-refractivity contribution in [1.82, 2.24) is 4.98 Å². The monoisotopic (exact) mass is 269 g/mol. The Kier molecular flexibility index (Phi) is 3.65. The maximum Gasteiger partial charge on any atom is 0.227 e. The van der Waals surface area contributed by atoms with Crippen molar-refractivity contribution in [2.75, 3.05) is 11.9 Å². The first kappa shape index (κ1) is 13.1. The van der Waals surface area contributed by atoms with Gasteiger partial charge in [-0.05, 0) is 37.4 Å². The van der Waals surface area contributed by atoms with Gasteiger partial charge >= 0.3 is 0 Å². The number of pyridine rings is 1. The van der Waals surface area contributed by atoms with Gasteiger partial charge in [0, 0.05) is 17.5 Å². The largest absolute Gasteiger partial charge is 0.330 e. The van der Waals surface area contributed by atoms with Crippen LogP contribution in [0.15, 0.2) is 36.5 Å². The van der Waals surface area contributed by atoms with Gasteiger partial charge in [-0.2, -0.15) is 0 Å². The Morgan fingerprint density at radius 1 is 1.30 bits per heavy atom. The summed E-state index contributed by atoms with van der Waals surface area (Å²) < 4.78 is 0. The Morgan fingerprint density at radius 2 is 2.15 bits per heavy atom. The number of anilines is 1. The van der Waals surface area contributed by atoms with E-state index in [4.69, 9.17) is 5.73 Å². The third-order valence-electron chi connectivity index (χ3n) is 4.19. The first-order valence-electron chi connectivity index (χ1n) is 7.14. The minimum absolute atomic E-state index is 0.0407. The molecule has 0 aliphatic heterocycles. The highest BCUT2D eigenvalue weighted by Gasteiger charge is 2.32. The number of nitrogens with two attached hydrogens (primary N) is 1. The van der Waals surface area contributed by atoms with E-state index in [9.17, 15) is 4.79 Å². The van der Waals surface area contributed by atoms with E-state index in [0.29, 0.717) is 12.5 Å². The van der Waals surface area contributed by atoms with Gasteiger partial charge in [-0.3, -0.25) is 9.78 Å². The van der Waals surface area contributed by atoms with Crippen molar-refractivity contribution in [2.45, 2.75) is 19.3 Å². The number of hydrogen-bond acceptors (Lipinski definition) is 3. The average molecular weight is 269 g/mol. The minimum atomic E-state index is 0.0407. The number of amides is 1. The van der Waals surface area contributed by atoms with Crippen molar-refractivity contribution in [2.24, 2.45) is 17.6 Å². The van der Waals surface area contributed by atoms with Crippen molar-refractivity contribution in [3.8, 4) is 0 Å². The Hall–Kier alpha value is -1.94. The second kappa shape index (κ2) is 5.59. The van der Waals surface area contributed by atoms with Gasteiger partial charge in [-0.25, -0.2) is 0 Å². The molecular weight excluding hydrogens is 250 g/mol. The van der Waals surface area contributed by atoms with Crippen molar-refractivity contribution < 1.29 is 4.79 Å². The SMILES string of the molecule is NCC1CCCC1C(=O)Nc1cccc2cccnc12. The molecule has 2 atom stereocenters. The Bertz CT molecular complexity index is 621. The summed E-state index contributed by atoms with van der Waals surface area (Å²) in [6.07, 6.45) is 4.83. The standard InChI is InChI=1S/C16H19N3O/c17-10-12-5-1-7-13(12)16(20)19-14-8-2-4-11-6-3-9-18-15(11)14/h2-4,6,8-9,12-13H,1,5,7,10,17H2,(H,19,20). The van der Waals surface area contributed by atoms with Gasteiger partial charge in [0.1, 0.15) is 0 Å². The molecule has 4 nitrogen and oxygen atoms in total. The molecule has 1 aliphatic rings. The predicted molar refractivity (Wildman–Crippen MR) is 80.3 cm³/mol. The Labute approximate surface area is 118 Å². The van der Waals surface area contributed by atoms with Gasteiger partial charge < -0.3 is 11.1 Å². The average Bonchev–Trinajstić information content (AvgIpc) is 2.96. The molecule has 1 aliphatic carbocycles. The molecule has 1 fully saturated rings. The quantitative estimate of drug-likeness (QED) is 0.899. The number of aromatic nitrogens is 1. The lowest BCUT2D eigenvalue weighted by atomic mass is 9.95. The molecule has 1 aromatic carbocycles. The molecule has 2 aromatic rings. The van der Waals surface area contributed by atoms with Crippen LogP contribution < -0.4 is 11.1 Å². The smallest absolute Gasteiger partial charge is 0.227 e. The van der Waals surface area contributed by atoms with Crippen LogP contribution in [0.1, 0.15) is 19.3 Å². The lowest BCUT2D eigenvalue weighted by Crippen LogP contribution is -2.29. The highest BCUT2D eigenvalue weighted by molar-refractivity contribution is 6.01. The molecule has 3 rings (SSSR count). The van der Waals surface area contributed by atoms with Crippen molar-refractivity contribution in [3.63, 3.8) is 0 Å². The zero-order valence-corrected chi connectivity index (χ0v) is 11.4. The highest BCUT2D eigenvalue weighted by Crippen LogP contribution is 2.32. The molecule has 1 heterocycles. The first-order chi connectivity index (χ1) is 9.79. The molecule has 1 saturated carbocycles. The molecule has 0 radical (unpaired) electrons. The fourth-order valence-electron chi connectivity index (χ4n) is 3.09. The maximum absolute atomic E-state index is 12.4. The molecule has 1 amide bonds. The first-order valence-corrected chi connectivity index (χ1v) is 7.14. The molecule has 0 saturated heterocycles. The van der Waals surface area contributed by atoms with E-state index < -0.39 is 0 Å². The molecule has 0 spiro atoms. The number of para-hydroxylation sites is 1. The van der Waals surface area contributed by atoms with Gasteiger partial charge in [0.25, 0.3) is 0 Å². The maximum atomic E-state index is 12.4. The predicted octanol–water partition coefficient (Wildman–Crippen LogP) is 2.55. The molecule has 0 bridgehead atoms. The topological polar surface area (TPSA) is 68.0 Å². The van der Waals surface area contributed by atoms with Crippen LogP contribution in [0.2, 0.25) is 0 Å². The summed E-state index contributed by atoms with van der Waals surface area (Å²) in [5.74, 6) is 0.438. The minimum Gasteiger partial charge on any atom is -0.330 e. The van der Waals surface area contributed by atoms with E-state index in [1.165, 1.54) is 0 Å². The lowest BCUT2D eigenvalue weighted by molar-refractivity contribution is -0.120. The zero-order chi connectivity index (χ0) is 13.9. The van der Waals surface area contributed by atoms with Gasteiger partial charge in [-0.1, -0.05) is 24.6 Å². The van der Waals surface area contributed by atoms with Gasteiger partial charge in [0.05, 0.1) is 11.2 Å². The third kappa shape index (κ3) is 2.39. The van der Waals surface area contributed by atoms with Crippen molar-refractivity contribution in [3.05, 3.63) is 36.5 Å². The number of rotatable bonds is 3. The molecular formula is C16H19N3O. The second-order valence-electron chi connectivity index (χ2n) is 5.40. The lowest BCUT2D eigenvalue weighted by Gasteiger charge is -2.17. The summed E-state index contributed by atoms with van der Waals surface area (Å²) in [5, 5.41) is 4.07. The third-order valence-corrected chi connectivity index (χ3v) is 4.19. The Morgan fingerprint density at radius 3 is 3.00 bits per heavy atom. The fraction of sp³-hybridized carbons (Fsp3) is 0.375. The fourth-order valence-corrected chi connectivity index (χ4v) is 3.09. The van der Waals surface area contributed by atoms with Crippen LogP contribution in [0.4, 0.5) is 5.69 Å². The van der Waals surface area contributed by atoms with Gasteiger partial charge in [0.2, 0.25) is 5.91 Å². The number of benzene rings is 1. The van der Waals surface area contributed by atoms with Crippen LogP contribution in [-0.2, 0) is 4.79 Å². The van der Waals surface area contributed by atoms with Gasteiger partial charge in [0.15, 0.2) is 0 Å².